The molecule has 2 unspecified atom stereocenters. The van der Waals surface area contributed by atoms with Crippen LogP contribution in [0, 0.1) is 5.92 Å². The van der Waals surface area contributed by atoms with Gasteiger partial charge in [-0.25, -0.2) is 0 Å². The smallest absolute Gasteiger partial charge is 0.0509 e. The van der Waals surface area contributed by atoms with E-state index in [1.165, 1.54) is 64.2 Å². The Kier molecular flexibility index (Phi) is 10.5. The molecule has 1 N–H and O–H groups in total. The Hall–Kier alpha value is -0.0800. The second-order valence-electron chi connectivity index (χ2n) is 6.05. The Morgan fingerprint density at radius 1 is 0.947 bits per heavy atom. The van der Waals surface area contributed by atoms with E-state index in [-0.39, 0.29) is 0 Å². The fourth-order valence-electron chi connectivity index (χ4n) is 3.15. The van der Waals surface area contributed by atoms with Gasteiger partial charge in [-0.3, -0.25) is 0 Å². The number of hydrogen-bond acceptors (Lipinski definition) is 2. The lowest BCUT2D eigenvalue weighted by atomic mass is 9.90. The van der Waals surface area contributed by atoms with Gasteiger partial charge in [-0.2, -0.15) is 0 Å². The summed E-state index contributed by atoms with van der Waals surface area (Å²) in [4.78, 5) is 0. The van der Waals surface area contributed by atoms with E-state index >= 15 is 0 Å². The molecule has 0 aromatic carbocycles. The maximum Gasteiger partial charge on any atom is 0.0509 e. The van der Waals surface area contributed by atoms with Crippen LogP contribution in [0.3, 0.4) is 0 Å². The van der Waals surface area contributed by atoms with Crippen LogP contribution in [0.2, 0.25) is 0 Å². The van der Waals surface area contributed by atoms with E-state index in [9.17, 15) is 0 Å². The molecule has 0 spiro atoms. The van der Waals surface area contributed by atoms with Crippen LogP contribution >= 0.6 is 0 Å². The largest absolute Gasteiger partial charge is 0.381 e. The second-order valence-corrected chi connectivity index (χ2v) is 6.05. The Bertz CT molecular complexity index is 194. The summed E-state index contributed by atoms with van der Waals surface area (Å²) in [5, 5.41) is 3.63. The summed E-state index contributed by atoms with van der Waals surface area (Å²) in [6.07, 6.45) is 13.9. The molecule has 0 saturated carbocycles. The zero-order valence-corrected chi connectivity index (χ0v) is 13.3. The van der Waals surface area contributed by atoms with Crippen LogP contribution in [0.25, 0.3) is 0 Å². The van der Waals surface area contributed by atoms with Crippen molar-refractivity contribution in [3.05, 3.63) is 0 Å². The van der Waals surface area contributed by atoms with Gasteiger partial charge in [-0.15, -0.1) is 0 Å². The van der Waals surface area contributed by atoms with Gasteiger partial charge in [0.15, 0.2) is 0 Å². The van der Waals surface area contributed by atoms with E-state index in [1.54, 1.807) is 0 Å². The lowest BCUT2D eigenvalue weighted by molar-refractivity contribution is 0.0282. The van der Waals surface area contributed by atoms with Crippen molar-refractivity contribution in [2.75, 3.05) is 19.8 Å². The van der Waals surface area contributed by atoms with Gasteiger partial charge < -0.3 is 10.1 Å². The predicted molar refractivity (Wildman–Crippen MR) is 83.6 cm³/mol. The summed E-state index contributed by atoms with van der Waals surface area (Å²) in [7, 11) is 0. The molecule has 1 aliphatic heterocycles. The van der Waals surface area contributed by atoms with E-state index < -0.39 is 0 Å². The maximum atomic E-state index is 5.64. The molecule has 2 nitrogen and oxygen atoms in total. The van der Waals surface area contributed by atoms with Gasteiger partial charge in [0.25, 0.3) is 0 Å². The van der Waals surface area contributed by atoms with E-state index in [4.69, 9.17) is 4.74 Å². The first-order valence-corrected chi connectivity index (χ1v) is 8.69. The van der Waals surface area contributed by atoms with Crippen molar-refractivity contribution >= 4 is 0 Å². The molecule has 0 aliphatic carbocycles. The molecule has 2 atom stereocenters. The van der Waals surface area contributed by atoms with Crippen molar-refractivity contribution in [3.63, 3.8) is 0 Å². The summed E-state index contributed by atoms with van der Waals surface area (Å²) in [5.74, 6) is 0.758. The first-order valence-electron chi connectivity index (χ1n) is 8.69. The standard InChI is InChI=1S/C17H35NO/c1-3-5-6-7-8-9-10-11-12-16-15-19-14-13-17(16)18-4-2/h16-18H,3-15H2,1-2H3. The molecule has 1 aliphatic rings. The number of rotatable bonds is 11. The molecular formula is C17H35NO. The molecule has 1 saturated heterocycles. The highest BCUT2D eigenvalue weighted by atomic mass is 16.5. The van der Waals surface area contributed by atoms with E-state index in [1.807, 2.05) is 0 Å². The molecule has 19 heavy (non-hydrogen) atoms. The van der Waals surface area contributed by atoms with Crippen molar-refractivity contribution in [1.29, 1.82) is 0 Å². The lowest BCUT2D eigenvalue weighted by Crippen LogP contribution is -2.42. The molecule has 2 heteroatoms. The number of hydrogen-bond donors (Lipinski definition) is 1. The average Bonchev–Trinajstić information content (AvgIpc) is 2.44. The molecular weight excluding hydrogens is 234 g/mol. The minimum Gasteiger partial charge on any atom is -0.381 e. The third-order valence-corrected chi connectivity index (χ3v) is 4.37. The molecule has 0 bridgehead atoms. The summed E-state index contributed by atoms with van der Waals surface area (Å²) in [6.45, 7) is 7.52. The Morgan fingerprint density at radius 2 is 1.63 bits per heavy atom. The number of nitrogens with one attached hydrogen (secondary N) is 1. The van der Waals surface area contributed by atoms with Gasteiger partial charge in [-0.05, 0) is 25.3 Å². The lowest BCUT2D eigenvalue weighted by Gasteiger charge is -2.32. The molecule has 1 fully saturated rings. The van der Waals surface area contributed by atoms with Crippen molar-refractivity contribution in [2.24, 2.45) is 5.92 Å². The van der Waals surface area contributed by atoms with Gasteiger partial charge in [0.2, 0.25) is 0 Å². The van der Waals surface area contributed by atoms with Crippen LogP contribution in [0.4, 0.5) is 0 Å². The third kappa shape index (κ3) is 7.94. The summed E-state index contributed by atoms with van der Waals surface area (Å²) < 4.78 is 5.64. The van der Waals surface area contributed by atoms with E-state index in [0.29, 0.717) is 6.04 Å². The Morgan fingerprint density at radius 3 is 2.32 bits per heavy atom. The van der Waals surface area contributed by atoms with Crippen LogP contribution in [-0.4, -0.2) is 25.8 Å². The molecule has 1 heterocycles. The van der Waals surface area contributed by atoms with Gasteiger partial charge in [0.1, 0.15) is 0 Å². The topological polar surface area (TPSA) is 21.3 Å². The molecule has 0 aromatic rings. The predicted octanol–water partition coefficient (Wildman–Crippen LogP) is 4.53. The van der Waals surface area contributed by atoms with E-state index in [0.717, 1.165) is 25.7 Å². The second kappa shape index (κ2) is 11.7. The van der Waals surface area contributed by atoms with Crippen LogP contribution in [0.15, 0.2) is 0 Å². The van der Waals surface area contributed by atoms with Gasteiger partial charge in [0.05, 0.1) is 6.61 Å². The highest BCUT2D eigenvalue weighted by Crippen LogP contribution is 2.21. The highest BCUT2D eigenvalue weighted by Gasteiger charge is 2.24. The third-order valence-electron chi connectivity index (χ3n) is 4.37. The van der Waals surface area contributed by atoms with Gasteiger partial charge >= 0.3 is 0 Å². The normalized spacial score (nSPS) is 23.7. The summed E-state index contributed by atoms with van der Waals surface area (Å²) >= 11 is 0. The summed E-state index contributed by atoms with van der Waals surface area (Å²) in [5.41, 5.74) is 0. The Labute approximate surface area is 120 Å². The first kappa shape index (κ1) is 17.0. The number of unbranched alkanes of at least 4 members (excludes halogenated alkanes) is 7. The average molecular weight is 269 g/mol. The number of ether oxygens (including phenoxy) is 1. The highest BCUT2D eigenvalue weighted by molar-refractivity contribution is 4.79. The van der Waals surface area contributed by atoms with Gasteiger partial charge in [0, 0.05) is 12.6 Å². The zero-order chi connectivity index (χ0) is 13.8. The quantitative estimate of drug-likeness (QED) is 0.556. The van der Waals surface area contributed by atoms with Crippen molar-refractivity contribution in [3.8, 4) is 0 Å². The van der Waals surface area contributed by atoms with Crippen LogP contribution < -0.4 is 5.32 Å². The van der Waals surface area contributed by atoms with Crippen molar-refractivity contribution in [1.82, 2.24) is 5.32 Å². The van der Waals surface area contributed by atoms with Crippen LogP contribution in [0.1, 0.15) is 78.1 Å². The molecule has 114 valence electrons. The SMILES string of the molecule is CCCCCCCCCCC1COCCC1NCC. The fourth-order valence-corrected chi connectivity index (χ4v) is 3.15. The van der Waals surface area contributed by atoms with Crippen molar-refractivity contribution < 1.29 is 4.74 Å². The first-order chi connectivity index (χ1) is 9.38. The minimum atomic E-state index is 0.711. The summed E-state index contributed by atoms with van der Waals surface area (Å²) in [6, 6.07) is 0.711. The zero-order valence-electron chi connectivity index (χ0n) is 13.3. The van der Waals surface area contributed by atoms with Crippen LogP contribution in [0.5, 0.6) is 0 Å². The molecule has 0 radical (unpaired) electrons. The Balaban J connectivity index is 1.97. The van der Waals surface area contributed by atoms with Crippen molar-refractivity contribution in [2.45, 2.75) is 84.1 Å². The molecule has 0 amide bonds. The van der Waals surface area contributed by atoms with E-state index in [2.05, 4.69) is 19.2 Å². The molecule has 1 rings (SSSR count). The minimum absolute atomic E-state index is 0.711. The maximum absolute atomic E-state index is 5.64. The van der Waals surface area contributed by atoms with Crippen LogP contribution in [-0.2, 0) is 4.74 Å². The molecule has 0 aromatic heterocycles. The monoisotopic (exact) mass is 269 g/mol. The fraction of sp³-hybridized carbons (Fsp3) is 1.00. The van der Waals surface area contributed by atoms with Gasteiger partial charge in [-0.1, -0.05) is 65.2 Å².